The van der Waals surface area contributed by atoms with Crippen molar-refractivity contribution in [3.8, 4) is 0 Å². The summed E-state index contributed by atoms with van der Waals surface area (Å²) in [6.45, 7) is 2.16. The van der Waals surface area contributed by atoms with Gasteiger partial charge in [-0.05, 0) is 25.8 Å². The average molecular weight is 303 g/mol. The summed E-state index contributed by atoms with van der Waals surface area (Å²) in [5.41, 5.74) is 6.33. The van der Waals surface area contributed by atoms with Crippen molar-refractivity contribution in [2.45, 2.75) is 25.9 Å². The van der Waals surface area contributed by atoms with Crippen molar-refractivity contribution in [2.24, 2.45) is 16.8 Å². The Bertz CT molecular complexity index is 538. The highest BCUT2D eigenvalue weighted by atomic mass is 19.4. The summed E-state index contributed by atoms with van der Waals surface area (Å²) in [5, 5.41) is 11.5. The van der Waals surface area contributed by atoms with Crippen LogP contribution in [0.15, 0.2) is 11.2 Å². The smallest absolute Gasteiger partial charge is 0.391 e. The molecule has 2 rings (SSSR count). The second-order valence-electron chi connectivity index (χ2n) is 4.98. The fourth-order valence-electron chi connectivity index (χ4n) is 2.28. The third-order valence-electron chi connectivity index (χ3n) is 3.45. The molecule has 2 heterocycles. The molecule has 1 aromatic rings. The first kappa shape index (κ1) is 15.3. The molecule has 0 saturated carbocycles. The average Bonchev–Trinajstić information content (AvgIpc) is 2.45. The van der Waals surface area contributed by atoms with Crippen molar-refractivity contribution in [1.82, 2.24) is 9.97 Å². The third-order valence-corrected chi connectivity index (χ3v) is 3.45. The van der Waals surface area contributed by atoms with Crippen LogP contribution < -0.4 is 10.6 Å². The lowest BCUT2D eigenvalue weighted by molar-refractivity contribution is -0.179. The van der Waals surface area contributed by atoms with E-state index in [2.05, 4.69) is 15.1 Å². The van der Waals surface area contributed by atoms with E-state index < -0.39 is 12.1 Å². The van der Waals surface area contributed by atoms with Crippen LogP contribution in [0.3, 0.4) is 0 Å². The molecular weight excluding hydrogens is 287 g/mol. The monoisotopic (exact) mass is 303 g/mol. The number of hydrogen-bond donors (Lipinski definition) is 2. The van der Waals surface area contributed by atoms with Gasteiger partial charge in [-0.3, -0.25) is 0 Å². The number of nitrogens with two attached hydrogens (primary N) is 1. The van der Waals surface area contributed by atoms with Crippen LogP contribution in [-0.2, 0) is 0 Å². The molecule has 0 spiro atoms. The minimum atomic E-state index is -4.15. The quantitative estimate of drug-likeness (QED) is 0.375. The van der Waals surface area contributed by atoms with E-state index in [0.717, 1.165) is 0 Å². The number of alkyl halides is 3. The topological polar surface area (TPSA) is 87.6 Å². The summed E-state index contributed by atoms with van der Waals surface area (Å²) in [5.74, 6) is -1.13. The van der Waals surface area contributed by atoms with E-state index in [9.17, 15) is 13.2 Å². The summed E-state index contributed by atoms with van der Waals surface area (Å²) in [7, 11) is 0. The standard InChI is InChI=1S/C12H16F3N5O/c1-7-6-9(10(16)19-21)18-11(17-7)20-4-2-8(3-5-20)12(13,14)15/h6,8,21H,2-5H2,1H3,(H2,16,19). The number of anilines is 1. The Morgan fingerprint density at radius 3 is 2.52 bits per heavy atom. The molecule has 0 atom stereocenters. The number of amidine groups is 1. The number of rotatable bonds is 2. The molecule has 0 bridgehead atoms. The van der Waals surface area contributed by atoms with Crippen LogP contribution in [0.2, 0.25) is 0 Å². The largest absolute Gasteiger partial charge is 0.409 e. The van der Waals surface area contributed by atoms with Crippen molar-refractivity contribution < 1.29 is 18.4 Å². The van der Waals surface area contributed by atoms with Crippen molar-refractivity contribution in [3.05, 3.63) is 17.5 Å². The number of nitrogens with zero attached hydrogens (tertiary/aromatic N) is 4. The van der Waals surface area contributed by atoms with Gasteiger partial charge in [0.25, 0.3) is 0 Å². The van der Waals surface area contributed by atoms with Crippen LogP contribution in [0.1, 0.15) is 24.2 Å². The van der Waals surface area contributed by atoms with E-state index in [1.165, 1.54) is 0 Å². The molecule has 9 heteroatoms. The molecule has 0 unspecified atom stereocenters. The predicted molar refractivity (Wildman–Crippen MR) is 70.3 cm³/mol. The summed E-state index contributed by atoms with van der Waals surface area (Å²) in [6.07, 6.45) is -4.13. The zero-order chi connectivity index (χ0) is 15.6. The van der Waals surface area contributed by atoms with Gasteiger partial charge in [0.05, 0.1) is 5.92 Å². The first-order valence-electron chi connectivity index (χ1n) is 6.46. The van der Waals surface area contributed by atoms with Gasteiger partial charge in [-0.25, -0.2) is 9.97 Å². The summed E-state index contributed by atoms with van der Waals surface area (Å²) in [4.78, 5) is 10.0. The summed E-state index contributed by atoms with van der Waals surface area (Å²) in [6, 6.07) is 1.54. The van der Waals surface area contributed by atoms with E-state index in [4.69, 9.17) is 10.9 Å². The minimum absolute atomic E-state index is 0.0136. The maximum absolute atomic E-state index is 12.6. The molecule has 1 fully saturated rings. The van der Waals surface area contributed by atoms with Crippen LogP contribution in [-0.4, -0.2) is 40.3 Å². The fraction of sp³-hybridized carbons (Fsp3) is 0.583. The molecule has 21 heavy (non-hydrogen) atoms. The van der Waals surface area contributed by atoms with E-state index in [-0.39, 0.29) is 37.5 Å². The number of aryl methyl sites for hydroxylation is 1. The Labute approximate surface area is 119 Å². The molecular formula is C12H16F3N5O. The Hall–Kier alpha value is -2.06. The first-order valence-corrected chi connectivity index (χ1v) is 6.46. The van der Waals surface area contributed by atoms with Gasteiger partial charge < -0.3 is 15.8 Å². The van der Waals surface area contributed by atoms with Crippen LogP contribution in [0.5, 0.6) is 0 Å². The normalized spacial score (nSPS) is 18.1. The number of aromatic nitrogens is 2. The van der Waals surface area contributed by atoms with Gasteiger partial charge in [-0.1, -0.05) is 5.16 Å². The van der Waals surface area contributed by atoms with Crippen molar-refractivity contribution in [3.63, 3.8) is 0 Å². The Kier molecular flexibility index (Phi) is 4.19. The van der Waals surface area contributed by atoms with Gasteiger partial charge in [0.2, 0.25) is 5.95 Å². The molecule has 1 aromatic heterocycles. The maximum atomic E-state index is 12.6. The summed E-state index contributed by atoms with van der Waals surface area (Å²) >= 11 is 0. The number of piperidine rings is 1. The molecule has 1 aliphatic rings. The number of halogens is 3. The second-order valence-corrected chi connectivity index (χ2v) is 4.98. The molecule has 116 valence electrons. The second kappa shape index (κ2) is 5.74. The minimum Gasteiger partial charge on any atom is -0.409 e. The van der Waals surface area contributed by atoms with Crippen molar-refractivity contribution in [1.29, 1.82) is 0 Å². The SMILES string of the molecule is Cc1cc(/C(N)=N/O)nc(N2CCC(C(F)(F)F)CC2)n1. The zero-order valence-corrected chi connectivity index (χ0v) is 11.4. The first-order chi connectivity index (χ1) is 9.81. The Balaban J connectivity index is 2.15. The maximum Gasteiger partial charge on any atom is 0.391 e. The van der Waals surface area contributed by atoms with Crippen molar-refractivity contribution in [2.75, 3.05) is 18.0 Å². The van der Waals surface area contributed by atoms with E-state index in [1.54, 1.807) is 17.9 Å². The third kappa shape index (κ3) is 3.53. The fourth-order valence-corrected chi connectivity index (χ4v) is 2.28. The highest BCUT2D eigenvalue weighted by Crippen LogP contribution is 2.34. The van der Waals surface area contributed by atoms with Gasteiger partial charge in [-0.2, -0.15) is 13.2 Å². The van der Waals surface area contributed by atoms with E-state index >= 15 is 0 Å². The van der Waals surface area contributed by atoms with Crippen LogP contribution >= 0.6 is 0 Å². The van der Waals surface area contributed by atoms with Gasteiger partial charge in [0.15, 0.2) is 5.84 Å². The van der Waals surface area contributed by atoms with Gasteiger partial charge in [0.1, 0.15) is 5.69 Å². The molecule has 1 saturated heterocycles. The molecule has 1 aliphatic heterocycles. The number of oxime groups is 1. The highest BCUT2D eigenvalue weighted by Gasteiger charge is 2.41. The lowest BCUT2D eigenvalue weighted by atomic mass is 9.96. The van der Waals surface area contributed by atoms with Crippen LogP contribution in [0.25, 0.3) is 0 Å². The summed E-state index contributed by atoms with van der Waals surface area (Å²) < 4.78 is 37.9. The molecule has 0 radical (unpaired) electrons. The lowest BCUT2D eigenvalue weighted by Gasteiger charge is -2.33. The molecule has 0 amide bonds. The Morgan fingerprint density at radius 1 is 1.38 bits per heavy atom. The van der Waals surface area contributed by atoms with Gasteiger partial charge in [0, 0.05) is 18.8 Å². The molecule has 3 N–H and O–H groups in total. The molecule has 0 aliphatic carbocycles. The Morgan fingerprint density at radius 2 is 2.00 bits per heavy atom. The predicted octanol–water partition coefficient (Wildman–Crippen LogP) is 1.66. The van der Waals surface area contributed by atoms with Crippen LogP contribution in [0, 0.1) is 12.8 Å². The lowest BCUT2D eigenvalue weighted by Crippen LogP contribution is -2.40. The molecule has 0 aromatic carbocycles. The molecule has 6 nitrogen and oxygen atoms in total. The number of hydrogen-bond acceptors (Lipinski definition) is 5. The highest BCUT2D eigenvalue weighted by molar-refractivity contribution is 5.95. The van der Waals surface area contributed by atoms with Gasteiger partial charge >= 0.3 is 6.18 Å². The van der Waals surface area contributed by atoms with E-state index in [0.29, 0.717) is 11.6 Å². The van der Waals surface area contributed by atoms with Crippen molar-refractivity contribution >= 4 is 11.8 Å². The van der Waals surface area contributed by atoms with Crippen LogP contribution in [0.4, 0.5) is 19.1 Å². The van der Waals surface area contributed by atoms with Gasteiger partial charge in [-0.15, -0.1) is 0 Å². The zero-order valence-electron chi connectivity index (χ0n) is 11.4. The van der Waals surface area contributed by atoms with E-state index in [1.807, 2.05) is 0 Å².